The molecule has 0 aliphatic carbocycles. The van der Waals surface area contributed by atoms with Crippen molar-refractivity contribution in [2.24, 2.45) is 0 Å². The van der Waals surface area contributed by atoms with Gasteiger partial charge in [-0.2, -0.15) is 5.26 Å². The van der Waals surface area contributed by atoms with Gasteiger partial charge in [-0.05, 0) is 45.2 Å². The number of likely N-dealkylation sites (tertiary alicyclic amines) is 1. The van der Waals surface area contributed by atoms with Crippen LogP contribution in [0.2, 0.25) is 0 Å². The lowest BCUT2D eigenvalue weighted by atomic mass is 9.98. The number of pyridine rings is 1. The van der Waals surface area contributed by atoms with Gasteiger partial charge in [0.1, 0.15) is 11.8 Å². The highest BCUT2D eigenvalue weighted by atomic mass is 16.3. The van der Waals surface area contributed by atoms with Crippen molar-refractivity contribution >= 4 is 5.91 Å². The first-order valence-corrected chi connectivity index (χ1v) is 6.82. The third-order valence-corrected chi connectivity index (χ3v) is 3.78. The monoisotopic (exact) mass is 273 g/mol. The Kier molecular flexibility index (Phi) is 4.05. The highest BCUT2D eigenvalue weighted by Crippen LogP contribution is 2.22. The van der Waals surface area contributed by atoms with Crippen LogP contribution in [0.25, 0.3) is 0 Å². The number of hydrogen-bond donors (Lipinski definition) is 1. The Labute approximate surface area is 118 Å². The lowest BCUT2D eigenvalue weighted by Gasteiger charge is -2.22. The molecule has 1 fully saturated rings. The molecule has 1 aliphatic rings. The van der Waals surface area contributed by atoms with Crippen molar-refractivity contribution in [2.75, 3.05) is 13.1 Å². The second-order valence-corrected chi connectivity index (χ2v) is 5.58. The molecular weight excluding hydrogens is 254 g/mol. The molecule has 5 heteroatoms. The molecule has 0 saturated carbocycles. The summed E-state index contributed by atoms with van der Waals surface area (Å²) in [7, 11) is 0. The van der Waals surface area contributed by atoms with Gasteiger partial charge in [-0.3, -0.25) is 4.79 Å². The molecule has 0 bridgehead atoms. The minimum atomic E-state index is -0.691. The van der Waals surface area contributed by atoms with Crippen LogP contribution in [0.15, 0.2) is 12.1 Å². The first kappa shape index (κ1) is 14.5. The minimum Gasteiger partial charge on any atom is -0.390 e. The van der Waals surface area contributed by atoms with Gasteiger partial charge in [-0.1, -0.05) is 0 Å². The first-order valence-electron chi connectivity index (χ1n) is 6.82. The van der Waals surface area contributed by atoms with Gasteiger partial charge >= 0.3 is 0 Å². The Morgan fingerprint density at radius 3 is 2.85 bits per heavy atom. The number of carbonyl (C=O) groups is 1. The molecule has 1 aromatic rings. The van der Waals surface area contributed by atoms with E-state index in [9.17, 15) is 9.90 Å². The van der Waals surface area contributed by atoms with Crippen molar-refractivity contribution < 1.29 is 9.90 Å². The summed E-state index contributed by atoms with van der Waals surface area (Å²) in [5.41, 5.74) is 0.729. The molecule has 2 rings (SSSR count). The molecule has 0 aromatic carbocycles. The van der Waals surface area contributed by atoms with Crippen molar-refractivity contribution in [1.29, 1.82) is 5.26 Å². The van der Waals surface area contributed by atoms with Crippen molar-refractivity contribution in [3.63, 3.8) is 0 Å². The van der Waals surface area contributed by atoms with E-state index in [0.717, 1.165) is 6.42 Å². The van der Waals surface area contributed by atoms with E-state index in [1.165, 1.54) is 0 Å². The van der Waals surface area contributed by atoms with E-state index in [2.05, 4.69) is 4.98 Å². The quantitative estimate of drug-likeness (QED) is 0.843. The third-order valence-electron chi connectivity index (χ3n) is 3.78. The Morgan fingerprint density at radius 1 is 1.45 bits per heavy atom. The normalized spacial score (nSPS) is 23.0. The van der Waals surface area contributed by atoms with Gasteiger partial charge in [0, 0.05) is 13.1 Å². The number of aromatic nitrogens is 1. The highest BCUT2D eigenvalue weighted by molar-refractivity contribution is 5.92. The molecule has 1 amide bonds. The molecule has 0 radical (unpaired) electrons. The van der Waals surface area contributed by atoms with Crippen molar-refractivity contribution in [3.05, 3.63) is 29.1 Å². The zero-order valence-corrected chi connectivity index (χ0v) is 11.9. The van der Waals surface area contributed by atoms with Gasteiger partial charge < -0.3 is 10.0 Å². The number of amides is 1. The summed E-state index contributed by atoms with van der Waals surface area (Å²) < 4.78 is 0. The van der Waals surface area contributed by atoms with Crippen molar-refractivity contribution in [2.45, 2.75) is 38.7 Å². The summed E-state index contributed by atoms with van der Waals surface area (Å²) in [6, 6.07) is 5.26. The van der Waals surface area contributed by atoms with E-state index in [1.807, 2.05) is 13.0 Å². The average Bonchev–Trinajstić information content (AvgIpc) is 2.59. The molecule has 1 N–H and O–H groups in total. The Hall–Kier alpha value is -1.93. The number of rotatable bonds is 1. The van der Waals surface area contributed by atoms with Crippen LogP contribution in [0.1, 0.15) is 47.9 Å². The Bertz CT molecular complexity index is 561. The third kappa shape index (κ3) is 3.14. The molecule has 1 saturated heterocycles. The van der Waals surface area contributed by atoms with Gasteiger partial charge in [0.05, 0.1) is 16.9 Å². The number of hydrogen-bond acceptors (Lipinski definition) is 4. The molecule has 1 aliphatic heterocycles. The van der Waals surface area contributed by atoms with Crippen LogP contribution in [0.5, 0.6) is 0 Å². The summed E-state index contributed by atoms with van der Waals surface area (Å²) in [6.45, 7) is 4.70. The maximum Gasteiger partial charge on any atom is 0.272 e. The fourth-order valence-electron chi connectivity index (χ4n) is 2.43. The second-order valence-electron chi connectivity index (χ2n) is 5.58. The molecule has 106 valence electrons. The predicted octanol–water partition coefficient (Wildman–Crippen LogP) is 1.64. The van der Waals surface area contributed by atoms with Gasteiger partial charge in [0.2, 0.25) is 0 Å². The van der Waals surface area contributed by atoms with Gasteiger partial charge in [0.25, 0.3) is 5.91 Å². The van der Waals surface area contributed by atoms with E-state index >= 15 is 0 Å². The lowest BCUT2D eigenvalue weighted by Crippen LogP contribution is -2.34. The van der Waals surface area contributed by atoms with E-state index < -0.39 is 5.60 Å². The molecule has 1 aromatic heterocycles. The zero-order valence-electron chi connectivity index (χ0n) is 11.9. The molecule has 5 nitrogen and oxygen atoms in total. The number of aliphatic hydroxyl groups is 1. The summed E-state index contributed by atoms with van der Waals surface area (Å²) in [5, 5.41) is 18.9. The van der Waals surface area contributed by atoms with E-state index in [-0.39, 0.29) is 5.91 Å². The Balaban J connectivity index is 2.15. The van der Waals surface area contributed by atoms with E-state index in [1.54, 1.807) is 24.0 Å². The van der Waals surface area contributed by atoms with Crippen LogP contribution in [-0.2, 0) is 0 Å². The number of nitriles is 1. The SMILES string of the molecule is Cc1nc(C(=O)N2CCCC(C)(O)CC2)ccc1C#N. The number of aryl methyl sites for hydroxylation is 1. The Morgan fingerprint density at radius 2 is 2.20 bits per heavy atom. The molecular formula is C15H19N3O2. The van der Waals surface area contributed by atoms with Crippen LogP contribution in [-0.4, -0.2) is 39.6 Å². The first-order chi connectivity index (χ1) is 9.43. The van der Waals surface area contributed by atoms with E-state index in [0.29, 0.717) is 42.9 Å². The summed E-state index contributed by atoms with van der Waals surface area (Å²) in [4.78, 5) is 18.4. The standard InChI is InChI=1S/C15H19N3O2/c1-11-12(10-16)4-5-13(17-11)14(19)18-8-3-6-15(2,20)7-9-18/h4-5,20H,3,6-9H2,1-2H3. The van der Waals surface area contributed by atoms with Crippen molar-refractivity contribution in [1.82, 2.24) is 9.88 Å². The van der Waals surface area contributed by atoms with Crippen LogP contribution < -0.4 is 0 Å². The molecule has 20 heavy (non-hydrogen) atoms. The number of carbonyl (C=O) groups excluding carboxylic acids is 1. The molecule has 0 spiro atoms. The molecule has 2 heterocycles. The van der Waals surface area contributed by atoms with Crippen LogP contribution >= 0.6 is 0 Å². The smallest absolute Gasteiger partial charge is 0.272 e. The predicted molar refractivity (Wildman–Crippen MR) is 74.1 cm³/mol. The van der Waals surface area contributed by atoms with Crippen LogP contribution in [0, 0.1) is 18.3 Å². The maximum absolute atomic E-state index is 12.4. The lowest BCUT2D eigenvalue weighted by molar-refractivity contribution is 0.0437. The fourth-order valence-corrected chi connectivity index (χ4v) is 2.43. The molecule has 1 atom stereocenters. The topological polar surface area (TPSA) is 77.2 Å². The van der Waals surface area contributed by atoms with E-state index in [4.69, 9.17) is 5.26 Å². The zero-order chi connectivity index (χ0) is 14.8. The van der Waals surface area contributed by atoms with Gasteiger partial charge in [0.15, 0.2) is 0 Å². The van der Waals surface area contributed by atoms with Crippen LogP contribution in [0.4, 0.5) is 0 Å². The van der Waals surface area contributed by atoms with Gasteiger partial charge in [-0.15, -0.1) is 0 Å². The van der Waals surface area contributed by atoms with Crippen LogP contribution in [0.3, 0.4) is 0 Å². The minimum absolute atomic E-state index is 0.129. The average molecular weight is 273 g/mol. The second kappa shape index (κ2) is 5.59. The largest absolute Gasteiger partial charge is 0.390 e. The number of nitrogens with zero attached hydrogens (tertiary/aromatic N) is 3. The van der Waals surface area contributed by atoms with Crippen molar-refractivity contribution in [3.8, 4) is 6.07 Å². The maximum atomic E-state index is 12.4. The fraction of sp³-hybridized carbons (Fsp3) is 0.533. The van der Waals surface area contributed by atoms with Gasteiger partial charge in [-0.25, -0.2) is 4.98 Å². The molecule has 1 unspecified atom stereocenters. The summed E-state index contributed by atoms with van der Waals surface area (Å²) in [5.74, 6) is -0.129. The summed E-state index contributed by atoms with van der Waals surface area (Å²) >= 11 is 0. The highest BCUT2D eigenvalue weighted by Gasteiger charge is 2.27. The summed E-state index contributed by atoms with van der Waals surface area (Å²) in [6.07, 6.45) is 2.07.